The number of hydrogen-bond donors (Lipinski definition) is 1. The minimum atomic E-state index is -0.648. The molecule has 1 fully saturated rings. The number of carbonyl (C=O) groups excluding carboxylic acids is 2. The lowest BCUT2D eigenvalue weighted by molar-refractivity contribution is -0.385. The number of hydrogen-bond acceptors (Lipinski definition) is 9. The molecule has 0 aromatic heterocycles. The zero-order chi connectivity index (χ0) is 26.4. The molecular formula is C25H39N3O7. The molecule has 0 aliphatic carbocycles. The van der Waals surface area contributed by atoms with E-state index in [-0.39, 0.29) is 30.6 Å². The van der Waals surface area contributed by atoms with Gasteiger partial charge in [0, 0.05) is 36.8 Å². The minimum Gasteiger partial charge on any atom is -0.508 e. The van der Waals surface area contributed by atoms with Gasteiger partial charge in [-0.15, -0.1) is 0 Å². The first-order valence-electron chi connectivity index (χ1n) is 12.0. The first-order chi connectivity index (χ1) is 16.1. The Morgan fingerprint density at radius 1 is 1.09 bits per heavy atom. The Kier molecular flexibility index (Phi) is 9.62. The van der Waals surface area contributed by atoms with Crippen molar-refractivity contribution in [3.05, 3.63) is 33.9 Å². The summed E-state index contributed by atoms with van der Waals surface area (Å²) in [6.45, 7) is 12.1. The Morgan fingerprint density at radius 2 is 1.66 bits per heavy atom. The summed E-state index contributed by atoms with van der Waals surface area (Å²) in [5.41, 5.74) is -0.907. The number of piperidine rings is 1. The number of rotatable bonds is 9. The average Bonchev–Trinajstić information content (AvgIpc) is 2.67. The molecule has 10 heteroatoms. The summed E-state index contributed by atoms with van der Waals surface area (Å²) >= 11 is 0. The number of carbonyl (C=O) groups is 2. The topological polar surface area (TPSA) is 122 Å². The Morgan fingerprint density at radius 3 is 2.17 bits per heavy atom. The van der Waals surface area contributed by atoms with Gasteiger partial charge in [0.25, 0.3) is 5.69 Å². The SMILES string of the molecule is CC(C)(C)OC(=O)CN(CC(=O)OC(C)(C)C)CC1CCCCN1Cc1cc([N+](=O)[O-])ccc1O. The van der Waals surface area contributed by atoms with Crippen LogP contribution >= 0.6 is 0 Å². The van der Waals surface area contributed by atoms with Crippen LogP contribution in [0.15, 0.2) is 18.2 Å². The van der Waals surface area contributed by atoms with Crippen molar-refractivity contribution in [2.75, 3.05) is 26.2 Å². The van der Waals surface area contributed by atoms with E-state index in [0.717, 1.165) is 25.8 Å². The summed E-state index contributed by atoms with van der Waals surface area (Å²) in [6, 6.07) is 3.98. The molecule has 1 N–H and O–H groups in total. The number of likely N-dealkylation sites (tertiary alicyclic amines) is 1. The van der Waals surface area contributed by atoms with Gasteiger partial charge in [-0.2, -0.15) is 0 Å². The number of nitrogens with zero attached hydrogens (tertiary/aromatic N) is 3. The van der Waals surface area contributed by atoms with Gasteiger partial charge in [-0.25, -0.2) is 0 Å². The number of non-ortho nitro benzene ring substituents is 1. The van der Waals surface area contributed by atoms with Crippen molar-refractivity contribution in [2.45, 2.75) is 84.6 Å². The molecule has 35 heavy (non-hydrogen) atoms. The summed E-state index contributed by atoms with van der Waals surface area (Å²) in [6.07, 6.45) is 2.76. The third-order valence-electron chi connectivity index (χ3n) is 5.41. The smallest absolute Gasteiger partial charge is 0.320 e. The van der Waals surface area contributed by atoms with E-state index in [1.165, 1.54) is 18.2 Å². The van der Waals surface area contributed by atoms with Gasteiger partial charge in [-0.3, -0.25) is 29.5 Å². The molecule has 1 atom stereocenters. The highest BCUT2D eigenvalue weighted by Crippen LogP contribution is 2.28. The highest BCUT2D eigenvalue weighted by atomic mass is 16.6. The number of ether oxygens (including phenoxy) is 2. The maximum Gasteiger partial charge on any atom is 0.320 e. The fraction of sp³-hybridized carbons (Fsp3) is 0.680. The third kappa shape index (κ3) is 10.2. The molecule has 1 saturated heterocycles. The van der Waals surface area contributed by atoms with Gasteiger partial charge in [0.15, 0.2) is 0 Å². The highest BCUT2D eigenvalue weighted by Gasteiger charge is 2.29. The van der Waals surface area contributed by atoms with Crippen molar-refractivity contribution in [3.8, 4) is 5.75 Å². The predicted molar refractivity (Wildman–Crippen MR) is 131 cm³/mol. The first kappa shape index (κ1) is 28.5. The first-order valence-corrected chi connectivity index (χ1v) is 12.0. The molecule has 1 aliphatic heterocycles. The van der Waals surface area contributed by atoms with E-state index in [2.05, 4.69) is 4.90 Å². The summed E-state index contributed by atoms with van der Waals surface area (Å²) in [5, 5.41) is 21.5. The molecule has 1 aromatic rings. The Bertz CT molecular complexity index is 875. The van der Waals surface area contributed by atoms with Gasteiger partial charge < -0.3 is 14.6 Å². The van der Waals surface area contributed by atoms with Gasteiger partial charge in [0.2, 0.25) is 0 Å². The zero-order valence-corrected chi connectivity index (χ0v) is 21.7. The van der Waals surface area contributed by atoms with Gasteiger partial charge >= 0.3 is 11.9 Å². The van der Waals surface area contributed by atoms with Crippen LogP contribution in [0.3, 0.4) is 0 Å². The maximum absolute atomic E-state index is 12.6. The number of esters is 2. The summed E-state index contributed by atoms with van der Waals surface area (Å²) in [7, 11) is 0. The van der Waals surface area contributed by atoms with Crippen molar-refractivity contribution in [3.63, 3.8) is 0 Å². The molecule has 1 aromatic carbocycles. The van der Waals surface area contributed by atoms with Crippen molar-refractivity contribution in [2.24, 2.45) is 0 Å². The quantitative estimate of drug-likeness (QED) is 0.312. The third-order valence-corrected chi connectivity index (χ3v) is 5.41. The Labute approximate surface area is 207 Å². The number of nitro benzene ring substituents is 1. The largest absolute Gasteiger partial charge is 0.508 e. The molecule has 1 heterocycles. The highest BCUT2D eigenvalue weighted by molar-refractivity contribution is 5.75. The second kappa shape index (κ2) is 11.8. The van der Waals surface area contributed by atoms with Crippen molar-refractivity contribution >= 4 is 17.6 Å². The molecule has 0 radical (unpaired) electrons. The summed E-state index contributed by atoms with van der Waals surface area (Å²) in [4.78, 5) is 39.7. The minimum absolute atomic E-state index is 0.000658. The lowest BCUT2D eigenvalue weighted by Gasteiger charge is -2.38. The van der Waals surface area contributed by atoms with Gasteiger partial charge in [0.05, 0.1) is 18.0 Å². The molecule has 10 nitrogen and oxygen atoms in total. The molecule has 0 bridgehead atoms. The molecule has 1 aliphatic rings. The van der Waals surface area contributed by atoms with E-state index in [9.17, 15) is 24.8 Å². The number of phenols is 1. The van der Waals surface area contributed by atoms with Crippen molar-refractivity contribution in [1.82, 2.24) is 9.80 Å². The number of phenolic OH excluding ortho intramolecular Hbond substituents is 1. The van der Waals surface area contributed by atoms with Crippen molar-refractivity contribution in [1.29, 1.82) is 0 Å². The van der Waals surface area contributed by atoms with Crippen LogP contribution in [0.1, 0.15) is 66.4 Å². The molecule has 2 rings (SSSR count). The number of nitro groups is 1. The Hall–Kier alpha value is -2.72. The summed E-state index contributed by atoms with van der Waals surface area (Å²) in [5.74, 6) is -0.862. The molecule has 196 valence electrons. The van der Waals surface area contributed by atoms with Crippen molar-refractivity contribution < 1.29 is 29.1 Å². The normalized spacial score (nSPS) is 17.3. The van der Waals surface area contributed by atoms with Gasteiger partial charge in [0.1, 0.15) is 17.0 Å². The van der Waals surface area contributed by atoms with E-state index in [4.69, 9.17) is 9.47 Å². The maximum atomic E-state index is 12.6. The number of benzene rings is 1. The molecular weight excluding hydrogens is 454 g/mol. The lowest BCUT2D eigenvalue weighted by Crippen LogP contribution is -2.49. The molecule has 0 amide bonds. The fourth-order valence-corrected chi connectivity index (χ4v) is 4.10. The van der Waals surface area contributed by atoms with E-state index < -0.39 is 28.1 Å². The van der Waals surface area contributed by atoms with Crippen LogP contribution in [0.4, 0.5) is 5.69 Å². The van der Waals surface area contributed by atoms with Crippen LogP contribution in [0.25, 0.3) is 0 Å². The van der Waals surface area contributed by atoms with Gasteiger partial charge in [-0.05, 0) is 67.0 Å². The monoisotopic (exact) mass is 493 g/mol. The fourth-order valence-electron chi connectivity index (χ4n) is 4.10. The molecule has 0 spiro atoms. The standard InChI is InChI=1S/C25H39N3O7/c1-24(2,3)34-22(30)16-26(17-23(31)35-25(4,5)6)15-20-9-7-8-12-27(20)14-18-13-19(28(32)33)10-11-21(18)29/h10-11,13,20,29H,7-9,12,14-17H2,1-6H3. The predicted octanol–water partition coefficient (Wildman–Crippen LogP) is 3.64. The second-order valence-corrected chi connectivity index (χ2v) is 11.0. The van der Waals surface area contributed by atoms with E-state index in [0.29, 0.717) is 18.7 Å². The van der Waals surface area contributed by atoms with Crippen LogP contribution in [0.2, 0.25) is 0 Å². The van der Waals surface area contributed by atoms with E-state index >= 15 is 0 Å². The molecule has 0 saturated carbocycles. The van der Waals surface area contributed by atoms with Crippen LogP contribution in [0.5, 0.6) is 5.75 Å². The van der Waals surface area contributed by atoms with Gasteiger partial charge in [-0.1, -0.05) is 6.42 Å². The average molecular weight is 494 g/mol. The Balaban J connectivity index is 2.19. The van der Waals surface area contributed by atoms with E-state index in [1.807, 2.05) is 0 Å². The number of aromatic hydroxyl groups is 1. The summed E-state index contributed by atoms with van der Waals surface area (Å²) < 4.78 is 10.9. The second-order valence-electron chi connectivity index (χ2n) is 11.0. The van der Waals surface area contributed by atoms with Crippen LogP contribution in [-0.2, 0) is 25.6 Å². The zero-order valence-electron chi connectivity index (χ0n) is 21.7. The van der Waals surface area contributed by atoms with E-state index in [1.54, 1.807) is 46.4 Å². The molecule has 1 unspecified atom stereocenters. The van der Waals surface area contributed by atoms with Crippen LogP contribution < -0.4 is 0 Å². The lowest BCUT2D eigenvalue weighted by atomic mass is 10.00. The van der Waals surface area contributed by atoms with Crippen LogP contribution in [0, 0.1) is 10.1 Å². The van der Waals surface area contributed by atoms with Crippen LogP contribution in [-0.4, -0.2) is 75.2 Å².